The van der Waals surface area contributed by atoms with Crippen LogP contribution in [0.3, 0.4) is 0 Å². The molecule has 4 nitrogen and oxygen atoms in total. The zero-order valence-corrected chi connectivity index (χ0v) is 13.7. The molecule has 120 valence electrons. The molecule has 1 aromatic carbocycles. The van der Waals surface area contributed by atoms with Gasteiger partial charge in [-0.2, -0.15) is 0 Å². The summed E-state index contributed by atoms with van der Waals surface area (Å²) >= 11 is 5.85. The molecule has 0 unspecified atom stereocenters. The van der Waals surface area contributed by atoms with Gasteiger partial charge >= 0.3 is 0 Å². The van der Waals surface area contributed by atoms with Crippen LogP contribution < -0.4 is 5.32 Å². The molecular formula is C17H23ClN2O2. The third-order valence-corrected chi connectivity index (χ3v) is 4.29. The van der Waals surface area contributed by atoms with Crippen molar-refractivity contribution in [2.24, 2.45) is 5.92 Å². The number of nitrogens with one attached hydrogen (secondary N) is 1. The van der Waals surface area contributed by atoms with E-state index in [0.29, 0.717) is 24.5 Å². The summed E-state index contributed by atoms with van der Waals surface area (Å²) in [6, 6.07) is 7.36. The van der Waals surface area contributed by atoms with Crippen molar-refractivity contribution in [2.45, 2.75) is 32.6 Å². The lowest BCUT2D eigenvalue weighted by Crippen LogP contribution is -2.43. The first-order valence-electron chi connectivity index (χ1n) is 7.90. The Hall–Kier alpha value is -1.55. The van der Waals surface area contributed by atoms with Gasteiger partial charge in [0.15, 0.2) is 0 Å². The fourth-order valence-corrected chi connectivity index (χ4v) is 2.80. The molecule has 0 aromatic heterocycles. The molecule has 0 atom stereocenters. The quantitative estimate of drug-likeness (QED) is 0.906. The standard InChI is InChI=1S/C17H23ClN2O2/c1-2-9-19-17(22)14-7-10-20(11-8-14)16(21)12-13-3-5-15(18)6-4-13/h3-6,14H,2,7-12H2,1H3,(H,19,22). The minimum Gasteiger partial charge on any atom is -0.356 e. The molecule has 0 bridgehead atoms. The molecule has 0 radical (unpaired) electrons. The van der Waals surface area contributed by atoms with Crippen LogP contribution in [0.5, 0.6) is 0 Å². The highest BCUT2D eigenvalue weighted by molar-refractivity contribution is 6.30. The lowest BCUT2D eigenvalue weighted by molar-refractivity contribution is -0.135. The molecule has 0 aliphatic carbocycles. The number of halogens is 1. The molecule has 1 aliphatic heterocycles. The minimum atomic E-state index is 0.0473. The number of carbonyl (C=O) groups is 2. The van der Waals surface area contributed by atoms with Gasteiger partial charge < -0.3 is 10.2 Å². The summed E-state index contributed by atoms with van der Waals surface area (Å²) < 4.78 is 0. The Bertz CT molecular complexity index is 508. The van der Waals surface area contributed by atoms with E-state index in [-0.39, 0.29) is 17.7 Å². The number of likely N-dealkylation sites (tertiary alicyclic amines) is 1. The summed E-state index contributed by atoms with van der Waals surface area (Å²) in [6.45, 7) is 4.10. The van der Waals surface area contributed by atoms with Crippen LogP contribution in [0.15, 0.2) is 24.3 Å². The zero-order chi connectivity index (χ0) is 15.9. The van der Waals surface area contributed by atoms with Gasteiger partial charge in [-0.3, -0.25) is 9.59 Å². The lowest BCUT2D eigenvalue weighted by Gasteiger charge is -2.31. The van der Waals surface area contributed by atoms with Crippen LogP contribution in [0.25, 0.3) is 0 Å². The first kappa shape index (κ1) is 16.8. The predicted octanol–water partition coefficient (Wildman–Crippen LogP) is 2.65. The van der Waals surface area contributed by atoms with Crippen LogP contribution in [-0.4, -0.2) is 36.3 Å². The molecular weight excluding hydrogens is 300 g/mol. The van der Waals surface area contributed by atoms with Crippen molar-refractivity contribution >= 4 is 23.4 Å². The number of rotatable bonds is 5. The van der Waals surface area contributed by atoms with E-state index in [2.05, 4.69) is 5.32 Å². The third-order valence-electron chi connectivity index (χ3n) is 4.04. The van der Waals surface area contributed by atoms with Gasteiger partial charge in [-0.15, -0.1) is 0 Å². The smallest absolute Gasteiger partial charge is 0.226 e. The number of amides is 2. The Morgan fingerprint density at radius 1 is 1.23 bits per heavy atom. The number of piperidine rings is 1. The van der Waals surface area contributed by atoms with E-state index in [0.717, 1.165) is 31.4 Å². The molecule has 1 N–H and O–H groups in total. The Labute approximate surface area is 136 Å². The van der Waals surface area contributed by atoms with E-state index in [4.69, 9.17) is 11.6 Å². The van der Waals surface area contributed by atoms with E-state index in [1.165, 1.54) is 0 Å². The van der Waals surface area contributed by atoms with Crippen molar-refractivity contribution in [1.82, 2.24) is 10.2 Å². The number of hydrogen-bond donors (Lipinski definition) is 1. The van der Waals surface area contributed by atoms with Gasteiger partial charge in [0.05, 0.1) is 6.42 Å². The Kier molecular flexibility index (Phi) is 6.25. The van der Waals surface area contributed by atoms with Crippen LogP contribution in [0, 0.1) is 5.92 Å². The lowest BCUT2D eigenvalue weighted by atomic mass is 9.95. The monoisotopic (exact) mass is 322 g/mol. The molecule has 2 amide bonds. The molecule has 1 saturated heterocycles. The second-order valence-electron chi connectivity index (χ2n) is 5.75. The van der Waals surface area contributed by atoms with E-state index >= 15 is 0 Å². The van der Waals surface area contributed by atoms with Crippen molar-refractivity contribution < 1.29 is 9.59 Å². The van der Waals surface area contributed by atoms with E-state index in [9.17, 15) is 9.59 Å². The van der Waals surface area contributed by atoms with Gasteiger partial charge in [0.1, 0.15) is 0 Å². The van der Waals surface area contributed by atoms with Gasteiger partial charge in [0.2, 0.25) is 11.8 Å². The molecule has 1 heterocycles. The first-order valence-corrected chi connectivity index (χ1v) is 8.28. The van der Waals surface area contributed by atoms with E-state index in [1.54, 1.807) is 12.1 Å². The summed E-state index contributed by atoms with van der Waals surface area (Å²) in [5.74, 6) is 0.299. The average Bonchev–Trinajstić information content (AvgIpc) is 2.55. The molecule has 2 rings (SSSR count). The molecule has 0 saturated carbocycles. The first-order chi connectivity index (χ1) is 10.6. The minimum absolute atomic E-state index is 0.0473. The molecule has 0 spiro atoms. The molecule has 1 aromatic rings. The highest BCUT2D eigenvalue weighted by Crippen LogP contribution is 2.19. The maximum absolute atomic E-state index is 12.3. The second-order valence-corrected chi connectivity index (χ2v) is 6.19. The van der Waals surface area contributed by atoms with Crippen LogP contribution in [0.2, 0.25) is 5.02 Å². The highest BCUT2D eigenvalue weighted by atomic mass is 35.5. The number of nitrogens with zero attached hydrogens (tertiary/aromatic N) is 1. The molecule has 5 heteroatoms. The Morgan fingerprint density at radius 3 is 2.45 bits per heavy atom. The summed E-state index contributed by atoms with van der Waals surface area (Å²) in [7, 11) is 0. The Balaban J connectivity index is 1.79. The largest absolute Gasteiger partial charge is 0.356 e. The van der Waals surface area contributed by atoms with Gasteiger partial charge in [0.25, 0.3) is 0 Å². The predicted molar refractivity (Wildman–Crippen MR) is 87.8 cm³/mol. The van der Waals surface area contributed by atoms with Crippen LogP contribution in [-0.2, 0) is 16.0 Å². The average molecular weight is 323 g/mol. The van der Waals surface area contributed by atoms with Crippen LogP contribution >= 0.6 is 11.6 Å². The summed E-state index contributed by atoms with van der Waals surface area (Å²) in [5.41, 5.74) is 0.970. The SMILES string of the molecule is CCCNC(=O)C1CCN(C(=O)Cc2ccc(Cl)cc2)CC1. The van der Waals surface area contributed by atoms with Crippen LogP contribution in [0.1, 0.15) is 31.7 Å². The summed E-state index contributed by atoms with van der Waals surface area (Å²) in [5, 5.41) is 3.61. The maximum Gasteiger partial charge on any atom is 0.226 e. The topological polar surface area (TPSA) is 49.4 Å². The fraction of sp³-hybridized carbons (Fsp3) is 0.529. The number of hydrogen-bond acceptors (Lipinski definition) is 2. The maximum atomic E-state index is 12.3. The molecule has 1 aliphatic rings. The van der Waals surface area contributed by atoms with Crippen molar-refractivity contribution in [3.8, 4) is 0 Å². The van der Waals surface area contributed by atoms with Gasteiger partial charge in [-0.25, -0.2) is 0 Å². The van der Waals surface area contributed by atoms with Crippen molar-refractivity contribution in [1.29, 1.82) is 0 Å². The summed E-state index contributed by atoms with van der Waals surface area (Å²) in [6.07, 6.45) is 2.85. The fourth-order valence-electron chi connectivity index (χ4n) is 2.67. The molecule has 22 heavy (non-hydrogen) atoms. The Morgan fingerprint density at radius 2 is 1.86 bits per heavy atom. The summed E-state index contributed by atoms with van der Waals surface area (Å²) in [4.78, 5) is 26.1. The van der Waals surface area contributed by atoms with Crippen molar-refractivity contribution in [3.05, 3.63) is 34.9 Å². The second kappa shape index (κ2) is 8.18. The van der Waals surface area contributed by atoms with Crippen LogP contribution in [0.4, 0.5) is 0 Å². The highest BCUT2D eigenvalue weighted by Gasteiger charge is 2.26. The van der Waals surface area contributed by atoms with Crippen molar-refractivity contribution in [3.63, 3.8) is 0 Å². The number of benzene rings is 1. The van der Waals surface area contributed by atoms with Gasteiger partial charge in [-0.1, -0.05) is 30.7 Å². The molecule has 1 fully saturated rings. The normalized spacial score (nSPS) is 15.6. The zero-order valence-electron chi connectivity index (χ0n) is 13.0. The number of carbonyl (C=O) groups excluding carboxylic acids is 2. The van der Waals surface area contributed by atoms with Gasteiger partial charge in [0, 0.05) is 30.6 Å². The van der Waals surface area contributed by atoms with E-state index in [1.807, 2.05) is 24.0 Å². The third kappa shape index (κ3) is 4.73. The van der Waals surface area contributed by atoms with Gasteiger partial charge in [-0.05, 0) is 37.0 Å². The van der Waals surface area contributed by atoms with Crippen molar-refractivity contribution in [2.75, 3.05) is 19.6 Å². The van der Waals surface area contributed by atoms with E-state index < -0.39 is 0 Å².